The van der Waals surface area contributed by atoms with Gasteiger partial charge in [-0.05, 0) is 49.1 Å². The molecule has 0 spiro atoms. The number of aryl methyl sites for hydroxylation is 1. The molecular weight excluding hydrogens is 421 g/mol. The summed E-state index contributed by atoms with van der Waals surface area (Å²) in [5.41, 5.74) is 2.80. The SMILES string of the molecule is Cn1ncc(-c2ccc(F)cc2)c1C(=O)N1CCCCC1Cc1nnc(-c2ccccc2)o1. The Morgan fingerprint density at radius 1 is 1.06 bits per heavy atom. The van der Waals surface area contributed by atoms with Crippen LogP contribution in [0.4, 0.5) is 4.39 Å². The third kappa shape index (κ3) is 4.28. The molecule has 1 amide bonds. The van der Waals surface area contributed by atoms with Crippen LogP contribution < -0.4 is 0 Å². The molecule has 168 valence electrons. The molecule has 0 saturated carbocycles. The van der Waals surface area contributed by atoms with Crippen molar-refractivity contribution in [1.29, 1.82) is 0 Å². The molecule has 1 unspecified atom stereocenters. The lowest BCUT2D eigenvalue weighted by Crippen LogP contribution is -2.45. The lowest BCUT2D eigenvalue weighted by Gasteiger charge is -2.35. The van der Waals surface area contributed by atoms with Crippen molar-refractivity contribution in [2.75, 3.05) is 6.54 Å². The van der Waals surface area contributed by atoms with Crippen LogP contribution in [0.15, 0.2) is 65.2 Å². The molecule has 8 heteroatoms. The summed E-state index contributed by atoms with van der Waals surface area (Å²) in [5, 5.41) is 12.7. The number of hydrogen-bond donors (Lipinski definition) is 0. The molecule has 5 rings (SSSR count). The van der Waals surface area contributed by atoms with Crippen LogP contribution in [0.5, 0.6) is 0 Å². The number of likely N-dealkylation sites (tertiary alicyclic amines) is 1. The average molecular weight is 445 g/mol. The highest BCUT2D eigenvalue weighted by atomic mass is 19.1. The van der Waals surface area contributed by atoms with E-state index >= 15 is 0 Å². The molecule has 0 bridgehead atoms. The van der Waals surface area contributed by atoms with Crippen molar-refractivity contribution in [2.45, 2.75) is 31.7 Å². The van der Waals surface area contributed by atoms with Crippen molar-refractivity contribution >= 4 is 5.91 Å². The summed E-state index contributed by atoms with van der Waals surface area (Å²) < 4.78 is 20.9. The van der Waals surface area contributed by atoms with Gasteiger partial charge in [0.25, 0.3) is 5.91 Å². The van der Waals surface area contributed by atoms with Gasteiger partial charge in [-0.15, -0.1) is 10.2 Å². The fourth-order valence-electron chi connectivity index (χ4n) is 4.38. The minimum absolute atomic E-state index is 0.0497. The lowest BCUT2D eigenvalue weighted by molar-refractivity contribution is 0.0595. The molecule has 7 nitrogen and oxygen atoms in total. The minimum Gasteiger partial charge on any atom is -0.421 e. The Kier molecular flexibility index (Phi) is 5.73. The number of aromatic nitrogens is 4. The molecule has 1 saturated heterocycles. The molecule has 0 radical (unpaired) electrons. The van der Waals surface area contributed by atoms with E-state index in [1.165, 1.54) is 12.1 Å². The third-order valence-electron chi connectivity index (χ3n) is 6.08. The molecule has 1 aliphatic heterocycles. The van der Waals surface area contributed by atoms with Crippen LogP contribution in [-0.2, 0) is 13.5 Å². The summed E-state index contributed by atoms with van der Waals surface area (Å²) in [4.78, 5) is 15.6. The predicted octanol–water partition coefficient (Wildman–Crippen LogP) is 4.51. The first kappa shape index (κ1) is 21.1. The van der Waals surface area contributed by atoms with E-state index in [-0.39, 0.29) is 17.8 Å². The standard InChI is InChI=1S/C25H24FN5O2/c1-30-23(21(16-27-30)17-10-12-19(26)13-11-17)25(32)31-14-6-5-9-20(31)15-22-28-29-24(33-22)18-7-3-2-4-8-18/h2-4,7-8,10-13,16,20H,5-6,9,14-15H2,1H3. The second kappa shape index (κ2) is 8.97. The first-order chi connectivity index (χ1) is 16.1. The van der Waals surface area contributed by atoms with Crippen molar-refractivity contribution in [3.8, 4) is 22.6 Å². The molecule has 0 N–H and O–H groups in total. The summed E-state index contributed by atoms with van der Waals surface area (Å²) in [6.07, 6.45) is 4.98. The highest BCUT2D eigenvalue weighted by Crippen LogP contribution is 2.29. The van der Waals surface area contributed by atoms with E-state index < -0.39 is 0 Å². The highest BCUT2D eigenvalue weighted by molar-refractivity contribution is 5.99. The molecule has 1 atom stereocenters. The van der Waals surface area contributed by atoms with Crippen LogP contribution in [0.1, 0.15) is 35.6 Å². The van der Waals surface area contributed by atoms with Gasteiger partial charge in [0.2, 0.25) is 11.8 Å². The number of rotatable bonds is 5. The number of halogens is 1. The number of amides is 1. The zero-order chi connectivity index (χ0) is 22.8. The number of carbonyl (C=O) groups excluding carboxylic acids is 1. The number of benzene rings is 2. The van der Waals surface area contributed by atoms with E-state index in [4.69, 9.17) is 4.42 Å². The zero-order valence-corrected chi connectivity index (χ0v) is 18.3. The number of carbonyl (C=O) groups is 1. The summed E-state index contributed by atoms with van der Waals surface area (Å²) in [7, 11) is 1.75. The van der Waals surface area contributed by atoms with Gasteiger partial charge >= 0.3 is 0 Å². The summed E-state index contributed by atoms with van der Waals surface area (Å²) in [6, 6.07) is 15.7. The van der Waals surface area contributed by atoms with Crippen LogP contribution in [0.2, 0.25) is 0 Å². The Bertz CT molecular complexity index is 1250. The van der Waals surface area contributed by atoms with Gasteiger partial charge in [0, 0.05) is 37.2 Å². The Labute approximate surface area is 190 Å². The van der Waals surface area contributed by atoms with E-state index in [1.807, 2.05) is 35.2 Å². The summed E-state index contributed by atoms with van der Waals surface area (Å²) >= 11 is 0. The van der Waals surface area contributed by atoms with Crippen molar-refractivity contribution in [1.82, 2.24) is 24.9 Å². The Morgan fingerprint density at radius 2 is 1.85 bits per heavy atom. The van der Waals surface area contributed by atoms with E-state index in [0.717, 1.165) is 30.4 Å². The lowest BCUT2D eigenvalue weighted by atomic mass is 9.97. The van der Waals surface area contributed by atoms with E-state index in [2.05, 4.69) is 15.3 Å². The maximum absolute atomic E-state index is 13.7. The van der Waals surface area contributed by atoms with Gasteiger partial charge in [-0.1, -0.05) is 30.3 Å². The molecule has 3 heterocycles. The van der Waals surface area contributed by atoms with Gasteiger partial charge in [-0.3, -0.25) is 9.48 Å². The first-order valence-electron chi connectivity index (χ1n) is 11.1. The van der Waals surface area contributed by atoms with E-state index in [0.29, 0.717) is 36.0 Å². The molecule has 2 aromatic carbocycles. The van der Waals surface area contributed by atoms with E-state index in [1.54, 1.807) is 30.1 Å². The first-order valence-corrected chi connectivity index (χ1v) is 11.1. The Balaban J connectivity index is 1.40. The number of piperidine rings is 1. The summed E-state index contributed by atoms with van der Waals surface area (Å²) in [5.74, 6) is 0.578. The van der Waals surface area contributed by atoms with Crippen LogP contribution in [0.3, 0.4) is 0 Å². The Morgan fingerprint density at radius 3 is 2.64 bits per heavy atom. The third-order valence-corrected chi connectivity index (χ3v) is 6.08. The Hall–Kier alpha value is -3.81. The quantitative estimate of drug-likeness (QED) is 0.452. The van der Waals surface area contributed by atoms with Crippen LogP contribution in [0.25, 0.3) is 22.6 Å². The van der Waals surface area contributed by atoms with Gasteiger partial charge in [-0.2, -0.15) is 5.10 Å². The fraction of sp³-hybridized carbons (Fsp3) is 0.280. The maximum Gasteiger partial charge on any atom is 0.273 e. The normalized spacial score (nSPS) is 16.2. The predicted molar refractivity (Wildman–Crippen MR) is 121 cm³/mol. The highest BCUT2D eigenvalue weighted by Gasteiger charge is 2.32. The van der Waals surface area contributed by atoms with Gasteiger partial charge in [-0.25, -0.2) is 4.39 Å². The second-order valence-corrected chi connectivity index (χ2v) is 8.26. The molecule has 2 aromatic heterocycles. The maximum atomic E-state index is 13.7. The van der Waals surface area contributed by atoms with Gasteiger partial charge in [0.05, 0.1) is 6.20 Å². The largest absolute Gasteiger partial charge is 0.421 e. The van der Waals surface area contributed by atoms with Gasteiger partial charge < -0.3 is 9.32 Å². The van der Waals surface area contributed by atoms with Crippen molar-refractivity contribution in [3.05, 3.63) is 78.2 Å². The van der Waals surface area contributed by atoms with Crippen molar-refractivity contribution in [3.63, 3.8) is 0 Å². The smallest absolute Gasteiger partial charge is 0.273 e. The van der Waals surface area contributed by atoms with Gasteiger partial charge in [0.1, 0.15) is 11.5 Å². The zero-order valence-electron chi connectivity index (χ0n) is 18.3. The molecule has 33 heavy (non-hydrogen) atoms. The summed E-state index contributed by atoms with van der Waals surface area (Å²) in [6.45, 7) is 0.650. The minimum atomic E-state index is -0.318. The molecule has 1 fully saturated rings. The number of nitrogens with zero attached hydrogens (tertiary/aromatic N) is 5. The van der Waals surface area contributed by atoms with Crippen LogP contribution in [-0.4, -0.2) is 43.4 Å². The van der Waals surface area contributed by atoms with Crippen molar-refractivity contribution < 1.29 is 13.6 Å². The molecule has 0 aliphatic carbocycles. The molecule has 1 aliphatic rings. The van der Waals surface area contributed by atoms with Gasteiger partial charge in [0.15, 0.2) is 0 Å². The monoisotopic (exact) mass is 445 g/mol. The van der Waals surface area contributed by atoms with E-state index in [9.17, 15) is 9.18 Å². The van der Waals surface area contributed by atoms with Crippen molar-refractivity contribution in [2.24, 2.45) is 7.05 Å². The fourth-order valence-corrected chi connectivity index (χ4v) is 4.38. The second-order valence-electron chi connectivity index (χ2n) is 8.26. The molecule has 4 aromatic rings. The topological polar surface area (TPSA) is 77.1 Å². The van der Waals surface area contributed by atoms with Crippen LogP contribution in [0, 0.1) is 5.82 Å². The molecular formula is C25H24FN5O2. The number of hydrogen-bond acceptors (Lipinski definition) is 5. The average Bonchev–Trinajstić information content (AvgIpc) is 3.47. The van der Waals surface area contributed by atoms with Crippen LogP contribution >= 0.6 is 0 Å².